The van der Waals surface area contributed by atoms with Gasteiger partial charge in [-0.3, -0.25) is 0 Å². The first-order chi connectivity index (χ1) is 11.0. The van der Waals surface area contributed by atoms with Gasteiger partial charge in [0, 0.05) is 0 Å². The van der Waals surface area contributed by atoms with Crippen LogP contribution in [0.3, 0.4) is 0 Å². The van der Waals surface area contributed by atoms with E-state index in [1.165, 1.54) is 0 Å². The first-order valence-electron chi connectivity index (χ1n) is 6.22. The molecule has 24 heavy (non-hydrogen) atoms. The third kappa shape index (κ3) is 1.57. The van der Waals surface area contributed by atoms with Crippen LogP contribution in [0.2, 0.25) is 0 Å². The predicted molar refractivity (Wildman–Crippen MR) is 57.7 cm³/mol. The Labute approximate surface area is 130 Å². The van der Waals surface area contributed by atoms with Gasteiger partial charge in [0.15, 0.2) is 0 Å². The Balaban J connectivity index is 1.72. The number of rotatable bonds is 0. The zero-order chi connectivity index (χ0) is 17.2. The zero-order valence-corrected chi connectivity index (χ0v) is 12.7. The Morgan fingerprint density at radius 3 is 0.958 bits per heavy atom. The molecule has 6 bridgehead atoms. The second-order valence-electron chi connectivity index (χ2n) is 5.24. The van der Waals surface area contributed by atoms with Gasteiger partial charge in [0.1, 0.15) is 0 Å². The molecule has 0 aromatic carbocycles. The van der Waals surface area contributed by atoms with Crippen LogP contribution in [0, 0.1) is 0 Å². The average molecular weight is 386 g/mol. The molecule has 14 nitrogen and oxygen atoms in total. The van der Waals surface area contributed by atoms with Crippen molar-refractivity contribution in [1.29, 1.82) is 0 Å². The van der Waals surface area contributed by atoms with E-state index >= 15 is 0 Å². The summed E-state index contributed by atoms with van der Waals surface area (Å²) in [4.78, 5) is 73.0. The summed E-state index contributed by atoms with van der Waals surface area (Å²) in [6.07, 6.45) is -8.52. The Bertz CT molecular complexity index is 651. The summed E-state index contributed by atoms with van der Waals surface area (Å²) in [6.45, 7) is 0. The summed E-state index contributed by atoms with van der Waals surface area (Å²) in [5.41, 5.74) is 0. The van der Waals surface area contributed by atoms with Gasteiger partial charge in [-0.2, -0.15) is 0 Å². The molecular formula is C8H4O14P2-2. The van der Waals surface area contributed by atoms with Crippen molar-refractivity contribution in [2.75, 3.05) is 0 Å². The van der Waals surface area contributed by atoms with Crippen LogP contribution in [0.15, 0.2) is 0 Å². The van der Waals surface area contributed by atoms with E-state index < -0.39 is 63.8 Å². The van der Waals surface area contributed by atoms with Crippen LogP contribution < -0.4 is 9.79 Å². The Morgan fingerprint density at radius 1 is 0.542 bits per heavy atom. The molecule has 5 heterocycles. The number of fused-ring (bicyclic) bond motifs is 6. The van der Waals surface area contributed by atoms with E-state index in [9.17, 15) is 29.0 Å². The maximum atomic E-state index is 12.7. The third-order valence-corrected chi connectivity index (χ3v) is 7.78. The van der Waals surface area contributed by atoms with Crippen molar-refractivity contribution in [2.45, 2.75) is 24.4 Å². The maximum absolute atomic E-state index is 12.7. The molecule has 5 aliphatic rings. The van der Waals surface area contributed by atoms with Gasteiger partial charge in [-0.25, -0.2) is 0 Å². The topological polar surface area (TPSA) is 188 Å². The molecule has 4 atom stereocenters. The molecule has 4 unspecified atom stereocenters. The van der Waals surface area contributed by atoms with E-state index in [1.807, 2.05) is 0 Å². The van der Waals surface area contributed by atoms with Crippen LogP contribution in [0.25, 0.3) is 0 Å². The quantitative estimate of drug-likeness (QED) is 0.377. The summed E-state index contributed by atoms with van der Waals surface area (Å²) in [5, 5.41) is 0. The predicted octanol–water partition coefficient (Wildman–Crippen LogP) is -3.25. The Kier molecular flexibility index (Phi) is 2.19. The average Bonchev–Trinajstić information content (AvgIpc) is 3.04. The van der Waals surface area contributed by atoms with Crippen molar-refractivity contribution in [2.24, 2.45) is 0 Å². The molecule has 5 saturated heterocycles. The van der Waals surface area contributed by atoms with Crippen LogP contribution in [-0.4, -0.2) is 48.3 Å². The fraction of sp³-hybridized carbons (Fsp3) is 0.500. The molecule has 0 amide bonds. The minimum absolute atomic E-state index is 1.48. The van der Waals surface area contributed by atoms with Crippen molar-refractivity contribution in [3.05, 3.63) is 0 Å². The molecule has 0 aromatic rings. The van der Waals surface area contributed by atoms with Crippen LogP contribution in [-0.2, 0) is 55.4 Å². The normalized spacial score (nSPS) is 47.9. The number of hydrogen-bond donors (Lipinski definition) is 0. The van der Waals surface area contributed by atoms with Crippen molar-refractivity contribution < 1.29 is 65.2 Å². The SMILES string of the molecule is O=C1OP23([O-])OC(=O)C(O2)C2OP4([O-])(OC(=O)C(O4)C1O3)OC2=O. The number of carbonyl (C=O) groups excluding carboxylic acids is 4. The van der Waals surface area contributed by atoms with Crippen LogP contribution in [0.5, 0.6) is 0 Å². The molecule has 5 rings (SSSR count). The molecule has 5 aliphatic heterocycles. The van der Waals surface area contributed by atoms with Gasteiger partial charge in [0.25, 0.3) is 0 Å². The molecular weight excluding hydrogens is 382 g/mol. The van der Waals surface area contributed by atoms with Crippen molar-refractivity contribution in [3.63, 3.8) is 0 Å². The van der Waals surface area contributed by atoms with Crippen molar-refractivity contribution >= 4 is 39.4 Å². The molecule has 0 saturated carbocycles. The monoisotopic (exact) mass is 386 g/mol. The van der Waals surface area contributed by atoms with E-state index in [4.69, 9.17) is 18.1 Å². The summed E-state index contributed by atoms with van der Waals surface area (Å²) in [7, 11) is -12.0. The van der Waals surface area contributed by atoms with E-state index in [2.05, 4.69) is 18.1 Å². The molecule has 0 N–H and O–H groups in total. The van der Waals surface area contributed by atoms with Gasteiger partial charge in [-0.1, -0.05) is 0 Å². The summed E-state index contributed by atoms with van der Waals surface area (Å²) in [6, 6.07) is 0. The fourth-order valence-corrected chi connectivity index (χ4v) is 7.06. The third-order valence-electron chi connectivity index (χ3n) is 3.58. The standard InChI is InChI=1S/C8H4O14P2/c9-5-1-2-6(10)20-24(14,16-2)18-4(8(12)22-24)3-7(11)21-23(13,15-1,17-3)19-5/h1-4H/q-2. The molecule has 132 valence electrons. The van der Waals surface area contributed by atoms with E-state index in [1.54, 1.807) is 0 Å². The van der Waals surface area contributed by atoms with Crippen molar-refractivity contribution in [3.8, 4) is 0 Å². The van der Waals surface area contributed by atoms with Crippen LogP contribution >= 0.6 is 15.5 Å². The molecule has 0 aromatic heterocycles. The van der Waals surface area contributed by atoms with E-state index in [0.717, 1.165) is 0 Å². The minimum atomic E-state index is -6.01. The number of carbonyl (C=O) groups is 4. The molecule has 0 aliphatic carbocycles. The molecule has 16 heteroatoms. The Hall–Kier alpha value is -1.50. The van der Waals surface area contributed by atoms with Crippen LogP contribution in [0.1, 0.15) is 0 Å². The van der Waals surface area contributed by atoms with Crippen LogP contribution in [0.4, 0.5) is 0 Å². The molecule has 0 radical (unpaired) electrons. The number of hydrogen-bond acceptors (Lipinski definition) is 14. The Morgan fingerprint density at radius 2 is 0.750 bits per heavy atom. The van der Waals surface area contributed by atoms with E-state index in [0.29, 0.717) is 0 Å². The van der Waals surface area contributed by atoms with Gasteiger partial charge in [0.2, 0.25) is 0 Å². The second kappa shape index (κ2) is 3.54. The van der Waals surface area contributed by atoms with Gasteiger partial charge >= 0.3 is 129 Å². The van der Waals surface area contributed by atoms with E-state index in [-0.39, 0.29) is 0 Å². The van der Waals surface area contributed by atoms with Gasteiger partial charge < -0.3 is 0 Å². The summed E-state index contributed by atoms with van der Waals surface area (Å²) < 4.78 is 36.8. The van der Waals surface area contributed by atoms with Gasteiger partial charge in [-0.15, -0.1) is 0 Å². The molecule has 2 spiro atoms. The zero-order valence-electron chi connectivity index (χ0n) is 10.9. The molecule has 5 fully saturated rings. The van der Waals surface area contributed by atoms with Gasteiger partial charge in [-0.05, 0) is 0 Å². The fourth-order valence-electron chi connectivity index (χ4n) is 2.68. The summed E-state index contributed by atoms with van der Waals surface area (Å²) >= 11 is 0. The first kappa shape index (κ1) is 14.8. The van der Waals surface area contributed by atoms with Gasteiger partial charge in [0.05, 0.1) is 0 Å². The van der Waals surface area contributed by atoms with Crippen molar-refractivity contribution in [1.82, 2.24) is 0 Å². The first-order valence-corrected chi connectivity index (χ1v) is 9.87. The summed E-state index contributed by atoms with van der Waals surface area (Å²) in [5.74, 6) is -5.91. The second-order valence-corrected chi connectivity index (χ2v) is 9.79.